The summed E-state index contributed by atoms with van der Waals surface area (Å²) in [7, 11) is 0. The number of hydrogen-bond donors (Lipinski definition) is 1. The van der Waals surface area contributed by atoms with E-state index in [0.29, 0.717) is 11.8 Å². The second kappa shape index (κ2) is 5.38. The third-order valence-corrected chi connectivity index (χ3v) is 4.12. The zero-order valence-corrected chi connectivity index (χ0v) is 11.4. The van der Waals surface area contributed by atoms with E-state index < -0.39 is 0 Å². The van der Waals surface area contributed by atoms with E-state index in [1.807, 2.05) is 0 Å². The van der Waals surface area contributed by atoms with Gasteiger partial charge >= 0.3 is 0 Å². The monoisotopic (exact) mass is 238 g/mol. The lowest BCUT2D eigenvalue weighted by molar-refractivity contribution is -0.131. The quantitative estimate of drug-likeness (QED) is 0.797. The predicted octanol–water partition coefficient (Wildman–Crippen LogP) is 2.37. The first-order chi connectivity index (χ1) is 8.11. The van der Waals surface area contributed by atoms with Gasteiger partial charge in [0.15, 0.2) is 0 Å². The Balaban J connectivity index is 1.95. The van der Waals surface area contributed by atoms with Gasteiger partial charge in [0.25, 0.3) is 0 Å². The van der Waals surface area contributed by atoms with Crippen LogP contribution < -0.4 is 5.32 Å². The number of nitrogens with one attached hydrogen (secondary N) is 1. The molecule has 98 valence electrons. The zero-order chi connectivity index (χ0) is 12.4. The standard InChI is InChI=1S/C14H26N2O/c1-4-13-15-12(8-10(2)3)14(17)16(13)9-11-6-5-7-11/h10-13,15H,4-9H2,1-3H3. The summed E-state index contributed by atoms with van der Waals surface area (Å²) in [5.74, 6) is 1.70. The van der Waals surface area contributed by atoms with Crippen molar-refractivity contribution in [2.24, 2.45) is 11.8 Å². The molecule has 1 saturated heterocycles. The summed E-state index contributed by atoms with van der Waals surface area (Å²) < 4.78 is 0. The van der Waals surface area contributed by atoms with Crippen LogP contribution in [0.1, 0.15) is 52.9 Å². The fourth-order valence-corrected chi connectivity index (χ4v) is 2.90. The maximum Gasteiger partial charge on any atom is 0.241 e. The van der Waals surface area contributed by atoms with Gasteiger partial charge in [0.2, 0.25) is 5.91 Å². The van der Waals surface area contributed by atoms with Crippen LogP contribution in [-0.2, 0) is 4.79 Å². The molecule has 0 spiro atoms. The fourth-order valence-electron chi connectivity index (χ4n) is 2.90. The van der Waals surface area contributed by atoms with E-state index in [4.69, 9.17) is 0 Å². The van der Waals surface area contributed by atoms with Gasteiger partial charge in [-0.2, -0.15) is 0 Å². The molecule has 1 N–H and O–H groups in total. The smallest absolute Gasteiger partial charge is 0.241 e. The van der Waals surface area contributed by atoms with Gasteiger partial charge in [0, 0.05) is 6.54 Å². The van der Waals surface area contributed by atoms with Crippen molar-refractivity contribution in [2.75, 3.05) is 6.54 Å². The molecule has 2 aliphatic rings. The Hall–Kier alpha value is -0.570. The van der Waals surface area contributed by atoms with Crippen molar-refractivity contribution in [3.63, 3.8) is 0 Å². The third kappa shape index (κ3) is 2.82. The van der Waals surface area contributed by atoms with Gasteiger partial charge in [0.05, 0.1) is 12.2 Å². The fraction of sp³-hybridized carbons (Fsp3) is 0.929. The van der Waals surface area contributed by atoms with Gasteiger partial charge < -0.3 is 4.90 Å². The van der Waals surface area contributed by atoms with E-state index in [1.165, 1.54) is 19.3 Å². The van der Waals surface area contributed by atoms with Crippen molar-refractivity contribution in [3.8, 4) is 0 Å². The SMILES string of the molecule is CCC1NC(CC(C)C)C(=O)N1CC1CCC1. The summed E-state index contributed by atoms with van der Waals surface area (Å²) in [4.78, 5) is 14.5. The summed E-state index contributed by atoms with van der Waals surface area (Å²) in [6.45, 7) is 7.52. The molecule has 1 amide bonds. The third-order valence-electron chi connectivity index (χ3n) is 4.12. The molecule has 3 heteroatoms. The molecular weight excluding hydrogens is 212 g/mol. The molecule has 2 fully saturated rings. The number of rotatable bonds is 5. The van der Waals surface area contributed by atoms with Crippen LogP contribution in [0.5, 0.6) is 0 Å². The molecule has 1 aliphatic carbocycles. The van der Waals surface area contributed by atoms with Crippen molar-refractivity contribution in [2.45, 2.75) is 65.1 Å². The van der Waals surface area contributed by atoms with Crippen molar-refractivity contribution >= 4 is 5.91 Å². The first-order valence-electron chi connectivity index (χ1n) is 7.18. The maximum absolute atomic E-state index is 12.3. The average Bonchev–Trinajstić information content (AvgIpc) is 2.49. The molecule has 0 bridgehead atoms. The lowest BCUT2D eigenvalue weighted by atomic mass is 9.85. The summed E-state index contributed by atoms with van der Waals surface area (Å²) in [6, 6.07) is 0.0695. The maximum atomic E-state index is 12.3. The van der Waals surface area contributed by atoms with Crippen LogP contribution in [0.2, 0.25) is 0 Å². The Morgan fingerprint density at radius 3 is 2.59 bits per heavy atom. The molecule has 0 aromatic carbocycles. The Morgan fingerprint density at radius 1 is 1.41 bits per heavy atom. The van der Waals surface area contributed by atoms with E-state index in [1.54, 1.807) is 0 Å². The van der Waals surface area contributed by atoms with Gasteiger partial charge in [-0.25, -0.2) is 0 Å². The molecule has 17 heavy (non-hydrogen) atoms. The second-order valence-electron chi connectivity index (χ2n) is 6.06. The number of carbonyl (C=O) groups excluding carboxylic acids is 1. The van der Waals surface area contributed by atoms with Gasteiger partial charge in [-0.1, -0.05) is 27.2 Å². The van der Waals surface area contributed by atoms with E-state index in [-0.39, 0.29) is 12.2 Å². The zero-order valence-electron chi connectivity index (χ0n) is 11.4. The van der Waals surface area contributed by atoms with Gasteiger partial charge in [0.1, 0.15) is 0 Å². The van der Waals surface area contributed by atoms with E-state index in [9.17, 15) is 4.79 Å². The van der Waals surface area contributed by atoms with Crippen LogP contribution in [0.15, 0.2) is 0 Å². The minimum atomic E-state index is 0.0695. The lowest BCUT2D eigenvalue weighted by Crippen LogP contribution is -2.41. The Kier molecular flexibility index (Phi) is 4.08. The molecule has 1 aliphatic heterocycles. The topological polar surface area (TPSA) is 32.3 Å². The molecule has 2 rings (SSSR count). The number of nitrogens with zero attached hydrogens (tertiary/aromatic N) is 1. The molecule has 0 radical (unpaired) electrons. The van der Waals surface area contributed by atoms with Crippen LogP contribution in [-0.4, -0.2) is 29.6 Å². The molecule has 1 saturated carbocycles. The van der Waals surface area contributed by atoms with Gasteiger partial charge in [-0.05, 0) is 37.5 Å². The summed E-state index contributed by atoms with van der Waals surface area (Å²) in [5.41, 5.74) is 0. The first-order valence-corrected chi connectivity index (χ1v) is 7.18. The summed E-state index contributed by atoms with van der Waals surface area (Å²) >= 11 is 0. The van der Waals surface area contributed by atoms with Crippen LogP contribution in [0.3, 0.4) is 0 Å². The van der Waals surface area contributed by atoms with Crippen LogP contribution in [0.4, 0.5) is 0 Å². The van der Waals surface area contributed by atoms with Crippen LogP contribution >= 0.6 is 0 Å². The van der Waals surface area contributed by atoms with E-state index in [0.717, 1.165) is 25.3 Å². The van der Waals surface area contributed by atoms with Crippen LogP contribution in [0.25, 0.3) is 0 Å². The predicted molar refractivity (Wildman–Crippen MR) is 69.5 cm³/mol. The minimum Gasteiger partial charge on any atom is -0.326 e. The second-order valence-corrected chi connectivity index (χ2v) is 6.06. The summed E-state index contributed by atoms with van der Waals surface area (Å²) in [6.07, 6.45) is 6.26. The van der Waals surface area contributed by atoms with Crippen molar-refractivity contribution in [3.05, 3.63) is 0 Å². The minimum absolute atomic E-state index is 0.0695. The van der Waals surface area contributed by atoms with Gasteiger partial charge in [-0.3, -0.25) is 10.1 Å². The number of carbonyl (C=O) groups is 1. The van der Waals surface area contributed by atoms with Crippen molar-refractivity contribution in [1.82, 2.24) is 10.2 Å². The average molecular weight is 238 g/mol. The van der Waals surface area contributed by atoms with Gasteiger partial charge in [-0.15, -0.1) is 0 Å². The molecule has 0 aromatic heterocycles. The molecular formula is C14H26N2O. The van der Waals surface area contributed by atoms with E-state index in [2.05, 4.69) is 31.0 Å². The lowest BCUT2D eigenvalue weighted by Gasteiger charge is -2.32. The Bertz CT molecular complexity index is 273. The highest BCUT2D eigenvalue weighted by atomic mass is 16.2. The molecule has 2 unspecified atom stereocenters. The number of hydrogen-bond acceptors (Lipinski definition) is 2. The number of amides is 1. The Labute approximate surface area is 105 Å². The molecule has 0 aromatic rings. The van der Waals surface area contributed by atoms with Crippen molar-refractivity contribution < 1.29 is 4.79 Å². The normalized spacial score (nSPS) is 30.1. The molecule has 1 heterocycles. The Morgan fingerprint density at radius 2 is 2.12 bits per heavy atom. The highest BCUT2D eigenvalue weighted by Crippen LogP contribution is 2.29. The van der Waals surface area contributed by atoms with Crippen molar-refractivity contribution in [1.29, 1.82) is 0 Å². The first kappa shape index (κ1) is 12.9. The summed E-state index contributed by atoms with van der Waals surface area (Å²) in [5, 5.41) is 3.50. The highest BCUT2D eigenvalue weighted by molar-refractivity contribution is 5.84. The molecule has 2 atom stereocenters. The van der Waals surface area contributed by atoms with Crippen LogP contribution in [0, 0.1) is 11.8 Å². The highest BCUT2D eigenvalue weighted by Gasteiger charge is 2.39. The largest absolute Gasteiger partial charge is 0.326 e. The van der Waals surface area contributed by atoms with E-state index >= 15 is 0 Å². The molecule has 3 nitrogen and oxygen atoms in total.